The first-order chi connectivity index (χ1) is 21.8. The number of allylic oxidation sites excluding steroid dienone is 1. The maximum absolute atomic E-state index is 12.0. The number of ether oxygens (including phenoxy) is 3. The van der Waals surface area contributed by atoms with Crippen LogP contribution in [-0.4, -0.2) is 51.7 Å². The van der Waals surface area contributed by atoms with E-state index >= 15 is 0 Å². The smallest absolute Gasteiger partial charge is 0.330 e. The number of rotatable bonds is 7. The van der Waals surface area contributed by atoms with Crippen LogP contribution in [0.25, 0.3) is 0 Å². The van der Waals surface area contributed by atoms with Gasteiger partial charge >= 0.3 is 17.9 Å². The molecule has 0 atom stereocenters. The number of hydrogen-bond acceptors (Lipinski definition) is 8. The Hall–Kier alpha value is -2.19. The normalized spacial score (nSPS) is 26.6. The Bertz CT molecular complexity index is 1060. The largest absolute Gasteiger partial charge is 0.462 e. The van der Waals surface area contributed by atoms with Gasteiger partial charge in [0.05, 0.1) is 16.4 Å². The van der Waals surface area contributed by atoms with Gasteiger partial charge in [-0.15, -0.1) is 0 Å². The van der Waals surface area contributed by atoms with E-state index in [9.17, 15) is 24.3 Å². The van der Waals surface area contributed by atoms with E-state index in [1.165, 1.54) is 6.08 Å². The molecule has 0 aromatic carbocycles. The molecule has 47 heavy (non-hydrogen) atoms. The monoisotopic (exact) mass is 680 g/mol. The number of esters is 3. The highest BCUT2D eigenvalue weighted by Crippen LogP contribution is 2.46. The summed E-state index contributed by atoms with van der Waals surface area (Å²) in [6.45, 7) is 17.9. The summed E-state index contributed by atoms with van der Waals surface area (Å²) in [5.41, 5.74) is -1.60. The van der Waals surface area contributed by atoms with Crippen molar-refractivity contribution in [3.63, 3.8) is 0 Å². The molecule has 0 aliphatic heterocycles. The minimum absolute atomic E-state index is 0.00605. The van der Waals surface area contributed by atoms with Crippen molar-refractivity contribution in [2.45, 2.75) is 168 Å². The zero-order chi connectivity index (χ0) is 35.5. The van der Waals surface area contributed by atoms with Gasteiger partial charge in [-0.3, -0.25) is 14.4 Å². The fraction of sp³-hybridized carbons (Fsp3) is 0.789. The third-order valence-corrected chi connectivity index (χ3v) is 10.3. The average molecular weight is 681 g/mol. The van der Waals surface area contributed by atoms with E-state index in [0.29, 0.717) is 11.8 Å². The van der Waals surface area contributed by atoms with Gasteiger partial charge in [-0.1, -0.05) is 26.0 Å². The summed E-state index contributed by atoms with van der Waals surface area (Å²) in [6.07, 6.45) is 18.2. The maximum atomic E-state index is 12.0. The van der Waals surface area contributed by atoms with Gasteiger partial charge in [-0.05, 0) is 161 Å². The van der Waals surface area contributed by atoms with Gasteiger partial charge in [-0.25, -0.2) is 4.79 Å². The highest BCUT2D eigenvalue weighted by Gasteiger charge is 2.46. The highest BCUT2D eigenvalue weighted by atomic mass is 35.5. The van der Waals surface area contributed by atoms with Crippen molar-refractivity contribution in [2.75, 3.05) is 0 Å². The second-order valence-electron chi connectivity index (χ2n) is 16.0. The van der Waals surface area contributed by atoms with Crippen molar-refractivity contribution >= 4 is 34.8 Å². The average Bonchev–Trinajstić information content (AvgIpc) is 3.68. The summed E-state index contributed by atoms with van der Waals surface area (Å²) in [5.74, 6) is 0.247. The number of aliphatic hydroxyl groups is 1. The fourth-order valence-electron chi connectivity index (χ4n) is 7.29. The van der Waals surface area contributed by atoms with Crippen molar-refractivity contribution in [3.8, 4) is 0 Å². The van der Waals surface area contributed by atoms with E-state index in [1.54, 1.807) is 0 Å². The zero-order valence-electron chi connectivity index (χ0n) is 29.9. The molecule has 0 unspecified atom stereocenters. The molecule has 8 nitrogen and oxygen atoms in total. The molecule has 4 aliphatic carbocycles. The Morgan fingerprint density at radius 3 is 1.36 bits per heavy atom. The molecule has 0 aromatic heterocycles. The number of hydrogen-bond donors (Lipinski definition) is 1. The lowest BCUT2D eigenvalue weighted by molar-refractivity contribution is -0.167. The first-order valence-corrected chi connectivity index (χ1v) is 18.0. The topological polar surface area (TPSA) is 116 Å². The summed E-state index contributed by atoms with van der Waals surface area (Å²) >= 11 is 4.71. The molecule has 4 saturated carbocycles. The molecule has 4 fully saturated rings. The van der Waals surface area contributed by atoms with E-state index in [4.69, 9.17) is 25.8 Å². The maximum Gasteiger partial charge on any atom is 0.330 e. The van der Waals surface area contributed by atoms with Crippen LogP contribution in [0.15, 0.2) is 25.3 Å². The predicted octanol–water partition coefficient (Wildman–Crippen LogP) is 8.55. The Balaban J connectivity index is 0.000000290. The predicted molar refractivity (Wildman–Crippen MR) is 185 cm³/mol. The fourth-order valence-corrected chi connectivity index (χ4v) is 7.29. The molecular formula is C38H61ClO8. The molecule has 0 spiro atoms. The summed E-state index contributed by atoms with van der Waals surface area (Å²) in [7, 11) is 0. The quantitative estimate of drug-likeness (QED) is 0.123. The standard InChI is InChI=1S/C19H30O4.C16H28O3.C3H3ClO/c1-5-16(20)23-19(12-6-7-13-19)14-8-10-15(11-9-14)22-17(21)18(2,3)4;1-15(2,3)14(17)19-13-8-6-12(7-9-13)16(18)10-4-5-11-16;1-2-3(4)5/h5,14-15H,1,6-13H2,2-4H3;12-13,18H,4-11H2,1-3H3;2H,1H2. The van der Waals surface area contributed by atoms with E-state index in [2.05, 4.69) is 13.2 Å². The summed E-state index contributed by atoms with van der Waals surface area (Å²) in [5, 5.41) is 10.1. The third-order valence-electron chi connectivity index (χ3n) is 10.2. The molecule has 4 rings (SSSR count). The molecule has 4 aliphatic rings. The van der Waals surface area contributed by atoms with Crippen LogP contribution in [-0.2, 0) is 33.4 Å². The lowest BCUT2D eigenvalue weighted by Crippen LogP contribution is -2.43. The van der Waals surface area contributed by atoms with Crippen LogP contribution in [0.4, 0.5) is 0 Å². The first-order valence-electron chi connectivity index (χ1n) is 17.7. The van der Waals surface area contributed by atoms with Crippen LogP contribution in [0.5, 0.6) is 0 Å². The molecule has 1 N–H and O–H groups in total. The molecule has 0 heterocycles. The van der Waals surface area contributed by atoms with Gasteiger partial charge in [0, 0.05) is 6.08 Å². The molecule has 0 radical (unpaired) electrons. The second-order valence-corrected chi connectivity index (χ2v) is 16.3. The van der Waals surface area contributed by atoms with Crippen LogP contribution in [0.1, 0.15) is 144 Å². The van der Waals surface area contributed by atoms with E-state index in [-0.39, 0.29) is 35.7 Å². The van der Waals surface area contributed by atoms with Crippen LogP contribution in [0.3, 0.4) is 0 Å². The van der Waals surface area contributed by atoms with Gasteiger partial charge in [0.15, 0.2) is 0 Å². The Kier molecular flexibility index (Phi) is 15.7. The summed E-state index contributed by atoms with van der Waals surface area (Å²) in [4.78, 5) is 45.1. The Labute approximate surface area is 288 Å². The molecule has 0 amide bonds. The minimum atomic E-state index is -0.509. The Morgan fingerprint density at radius 1 is 0.660 bits per heavy atom. The lowest BCUT2D eigenvalue weighted by Gasteiger charge is -2.41. The van der Waals surface area contributed by atoms with Crippen molar-refractivity contribution in [3.05, 3.63) is 25.3 Å². The molecule has 268 valence electrons. The van der Waals surface area contributed by atoms with Crippen molar-refractivity contribution in [1.29, 1.82) is 0 Å². The summed E-state index contributed by atoms with van der Waals surface area (Å²) in [6, 6.07) is 0. The van der Waals surface area contributed by atoms with Gasteiger partial charge in [0.25, 0.3) is 0 Å². The molecular weight excluding hydrogens is 620 g/mol. The molecule has 0 bridgehead atoms. The van der Waals surface area contributed by atoms with E-state index in [0.717, 1.165) is 109 Å². The second kappa shape index (κ2) is 18.0. The third kappa shape index (κ3) is 13.0. The van der Waals surface area contributed by atoms with Gasteiger partial charge in [0.2, 0.25) is 5.24 Å². The van der Waals surface area contributed by atoms with E-state index < -0.39 is 21.7 Å². The Morgan fingerprint density at radius 2 is 1.02 bits per heavy atom. The number of carbonyl (C=O) groups excluding carboxylic acids is 4. The molecule has 0 aromatic rings. The minimum Gasteiger partial charge on any atom is -0.462 e. The number of carbonyl (C=O) groups is 4. The van der Waals surface area contributed by atoms with Crippen LogP contribution < -0.4 is 0 Å². The first kappa shape index (κ1) is 41.0. The van der Waals surface area contributed by atoms with Crippen molar-refractivity contribution in [2.24, 2.45) is 22.7 Å². The van der Waals surface area contributed by atoms with Crippen LogP contribution >= 0.6 is 11.6 Å². The van der Waals surface area contributed by atoms with Crippen molar-refractivity contribution < 1.29 is 38.5 Å². The lowest BCUT2D eigenvalue weighted by atomic mass is 9.75. The van der Waals surface area contributed by atoms with Gasteiger partial charge in [-0.2, -0.15) is 0 Å². The zero-order valence-corrected chi connectivity index (χ0v) is 30.6. The highest BCUT2D eigenvalue weighted by molar-refractivity contribution is 6.66. The SMILES string of the molecule is C=CC(=O)Cl.C=CC(=O)OC1(C2CCC(OC(=O)C(C)(C)C)CC2)CCCC1.CC(C)(C)C(=O)OC1CCC(C2(O)CCCC2)CC1. The van der Waals surface area contributed by atoms with Crippen molar-refractivity contribution in [1.82, 2.24) is 0 Å². The molecule has 9 heteroatoms. The summed E-state index contributed by atoms with van der Waals surface area (Å²) < 4.78 is 17.0. The van der Waals surface area contributed by atoms with Gasteiger partial charge < -0.3 is 19.3 Å². The van der Waals surface area contributed by atoms with Crippen LogP contribution in [0, 0.1) is 22.7 Å². The number of halogens is 1. The van der Waals surface area contributed by atoms with Gasteiger partial charge in [0.1, 0.15) is 17.8 Å². The molecule has 0 saturated heterocycles. The van der Waals surface area contributed by atoms with Crippen LogP contribution in [0.2, 0.25) is 0 Å². The van der Waals surface area contributed by atoms with E-state index in [1.807, 2.05) is 41.5 Å².